The first-order valence-corrected chi connectivity index (χ1v) is 7.72. The first-order valence-electron chi connectivity index (χ1n) is 6.53. The van der Waals surface area contributed by atoms with E-state index in [0.717, 1.165) is 24.1 Å². The first kappa shape index (κ1) is 18.9. The van der Waals surface area contributed by atoms with Crippen molar-refractivity contribution in [2.75, 3.05) is 7.11 Å². The Hall–Kier alpha value is -2.46. The number of hydrogen-bond acceptors (Lipinski definition) is 7. The summed E-state index contributed by atoms with van der Waals surface area (Å²) in [6.07, 6.45) is 2.18. The van der Waals surface area contributed by atoms with E-state index in [9.17, 15) is 18.4 Å². The fourth-order valence-corrected chi connectivity index (χ4v) is 2.50. The number of carbonyl (C=O) groups is 2. The van der Waals surface area contributed by atoms with Gasteiger partial charge in [0.25, 0.3) is 5.91 Å². The van der Waals surface area contributed by atoms with Crippen molar-refractivity contribution in [3.8, 4) is 5.75 Å². The predicted octanol–water partition coefficient (Wildman–Crippen LogP) is 2.55. The van der Waals surface area contributed by atoms with Gasteiger partial charge in [-0.25, -0.2) is 4.79 Å². The summed E-state index contributed by atoms with van der Waals surface area (Å²) in [4.78, 5) is 22.8. The van der Waals surface area contributed by atoms with Crippen LogP contribution in [0.2, 0.25) is 5.02 Å². The van der Waals surface area contributed by atoms with Crippen LogP contribution in [0.5, 0.6) is 5.75 Å². The Labute approximate surface area is 149 Å². The average molecular weight is 390 g/mol. The van der Waals surface area contributed by atoms with Gasteiger partial charge in [-0.15, -0.1) is 5.10 Å². The van der Waals surface area contributed by atoms with Gasteiger partial charge in [0.2, 0.25) is 0 Å². The number of rotatable bonds is 5. The highest BCUT2D eigenvalue weighted by Gasteiger charge is 2.25. The first-order chi connectivity index (χ1) is 11.9. The average Bonchev–Trinajstić information content (AvgIpc) is 2.88. The molecule has 1 amide bonds. The van der Waals surface area contributed by atoms with Crippen molar-refractivity contribution in [3.63, 3.8) is 0 Å². The van der Waals surface area contributed by atoms with Gasteiger partial charge in [-0.05, 0) is 30.0 Å². The molecule has 25 heavy (non-hydrogen) atoms. The molecule has 0 radical (unpaired) electrons. The number of ether oxygens (including phenoxy) is 2. The molecule has 1 aliphatic rings. The van der Waals surface area contributed by atoms with E-state index >= 15 is 0 Å². The van der Waals surface area contributed by atoms with E-state index < -0.39 is 18.5 Å². The second-order valence-corrected chi connectivity index (χ2v) is 5.77. The summed E-state index contributed by atoms with van der Waals surface area (Å²) in [7, 11) is 1.18. The molecular weight excluding hydrogens is 380 g/mol. The lowest BCUT2D eigenvalue weighted by molar-refractivity contribution is -0.135. The minimum absolute atomic E-state index is 0.0917. The van der Waals surface area contributed by atoms with Crippen LogP contribution < -0.4 is 10.1 Å². The number of amides is 1. The minimum Gasteiger partial charge on any atom is -0.466 e. The summed E-state index contributed by atoms with van der Waals surface area (Å²) in [5, 5.41) is 10.2. The van der Waals surface area contributed by atoms with Crippen LogP contribution in [-0.2, 0) is 14.3 Å². The monoisotopic (exact) mass is 389 g/mol. The molecule has 1 aliphatic heterocycles. The van der Waals surface area contributed by atoms with Crippen molar-refractivity contribution in [3.05, 3.63) is 39.8 Å². The van der Waals surface area contributed by atoms with Crippen LogP contribution >= 0.6 is 23.4 Å². The van der Waals surface area contributed by atoms with Crippen molar-refractivity contribution >= 4 is 46.6 Å². The molecule has 0 bridgehead atoms. The molecule has 0 aromatic heterocycles. The number of nitrogens with zero attached hydrogens (tertiary/aromatic N) is 2. The molecule has 1 N–H and O–H groups in total. The molecule has 1 aromatic rings. The van der Waals surface area contributed by atoms with Crippen molar-refractivity contribution in [1.29, 1.82) is 0 Å². The van der Waals surface area contributed by atoms with E-state index in [2.05, 4.69) is 25.0 Å². The summed E-state index contributed by atoms with van der Waals surface area (Å²) in [6, 6.07) is 4.11. The summed E-state index contributed by atoms with van der Waals surface area (Å²) in [5.41, 5.74) is 0.216. The largest absolute Gasteiger partial charge is 0.466 e. The summed E-state index contributed by atoms with van der Waals surface area (Å²) >= 11 is 6.61. The molecule has 1 heterocycles. The smallest absolute Gasteiger partial charge is 0.387 e. The van der Waals surface area contributed by atoms with Crippen LogP contribution in [0.15, 0.2) is 39.4 Å². The lowest BCUT2D eigenvalue weighted by Crippen LogP contribution is -2.19. The number of nitrogens with one attached hydrogen (secondary N) is 1. The highest BCUT2D eigenvalue weighted by molar-refractivity contribution is 8.18. The Bertz CT molecular complexity index is 783. The van der Waals surface area contributed by atoms with E-state index in [0.29, 0.717) is 0 Å². The van der Waals surface area contributed by atoms with E-state index in [1.807, 2.05) is 0 Å². The molecule has 0 unspecified atom stereocenters. The molecule has 1 fully saturated rings. The molecule has 7 nitrogen and oxygen atoms in total. The van der Waals surface area contributed by atoms with Crippen LogP contribution in [0.3, 0.4) is 0 Å². The second kappa shape index (κ2) is 8.58. The third-order valence-electron chi connectivity index (χ3n) is 2.64. The van der Waals surface area contributed by atoms with Crippen molar-refractivity contribution in [2.24, 2.45) is 10.2 Å². The Morgan fingerprint density at radius 2 is 2.20 bits per heavy atom. The van der Waals surface area contributed by atoms with Crippen LogP contribution in [0, 0.1) is 0 Å². The molecule has 0 atom stereocenters. The molecule has 11 heteroatoms. The molecule has 0 spiro atoms. The second-order valence-electron chi connectivity index (χ2n) is 4.30. The van der Waals surface area contributed by atoms with Crippen LogP contribution in [0.25, 0.3) is 0 Å². The quantitative estimate of drug-likeness (QED) is 0.362. The highest BCUT2D eigenvalue weighted by atomic mass is 35.5. The predicted molar refractivity (Wildman–Crippen MR) is 88.9 cm³/mol. The Kier molecular flexibility index (Phi) is 6.48. The third kappa shape index (κ3) is 5.54. The zero-order chi connectivity index (χ0) is 18.4. The number of alkyl halides is 2. The number of carbonyl (C=O) groups excluding carboxylic acids is 2. The maximum absolute atomic E-state index is 12.4. The Morgan fingerprint density at radius 1 is 1.44 bits per heavy atom. The molecular formula is C14H10ClF2N3O4S. The molecule has 1 saturated heterocycles. The van der Waals surface area contributed by atoms with Gasteiger partial charge in [-0.1, -0.05) is 11.6 Å². The zero-order valence-electron chi connectivity index (χ0n) is 12.5. The van der Waals surface area contributed by atoms with E-state index in [1.165, 1.54) is 25.3 Å². The van der Waals surface area contributed by atoms with Crippen molar-refractivity contribution in [2.45, 2.75) is 6.61 Å². The van der Waals surface area contributed by atoms with Gasteiger partial charge in [0.1, 0.15) is 5.75 Å². The van der Waals surface area contributed by atoms with E-state index in [1.54, 1.807) is 0 Å². The van der Waals surface area contributed by atoms with Crippen molar-refractivity contribution < 1.29 is 27.8 Å². The van der Waals surface area contributed by atoms with E-state index in [4.69, 9.17) is 11.6 Å². The van der Waals surface area contributed by atoms with Gasteiger partial charge in [0.05, 0.1) is 18.2 Å². The number of methoxy groups -OCH3 is 1. The Balaban J connectivity index is 2.13. The standard InChI is InChI=1S/C14H10ClF2N3O4S/c1-23-11(21)5-10-12(22)19-14(25-10)20-18-6-7-2-3-8(15)4-9(7)24-13(16)17/h2-6,13H,1H3,(H,19,20,22)/b10-5+,18-6?. The highest BCUT2D eigenvalue weighted by Crippen LogP contribution is 2.25. The molecule has 132 valence electrons. The van der Waals surface area contributed by atoms with Crippen LogP contribution in [0.4, 0.5) is 8.78 Å². The third-order valence-corrected chi connectivity index (χ3v) is 3.77. The lowest BCUT2D eigenvalue weighted by atomic mass is 10.2. The molecule has 2 rings (SSSR count). The number of esters is 1. The van der Waals surface area contributed by atoms with Gasteiger partial charge >= 0.3 is 12.6 Å². The normalized spacial score (nSPS) is 17.6. The number of halogens is 3. The SMILES string of the molecule is COC(=O)/C=C1/S/C(=N\N=Cc2ccc(Cl)cc2OC(F)F)NC1=O. The summed E-state index contributed by atoms with van der Waals surface area (Å²) < 4.78 is 33.5. The van der Waals surface area contributed by atoms with Gasteiger partial charge in [-0.2, -0.15) is 13.9 Å². The zero-order valence-corrected chi connectivity index (χ0v) is 14.1. The van der Waals surface area contributed by atoms with Gasteiger partial charge < -0.3 is 9.47 Å². The van der Waals surface area contributed by atoms with Gasteiger partial charge in [0.15, 0.2) is 5.17 Å². The summed E-state index contributed by atoms with van der Waals surface area (Å²) in [5.74, 6) is -1.38. The van der Waals surface area contributed by atoms with Crippen LogP contribution in [0.1, 0.15) is 5.56 Å². The maximum atomic E-state index is 12.4. The Morgan fingerprint density at radius 3 is 2.88 bits per heavy atom. The van der Waals surface area contributed by atoms with Crippen molar-refractivity contribution in [1.82, 2.24) is 5.32 Å². The number of amidine groups is 1. The molecule has 0 aliphatic carbocycles. The van der Waals surface area contributed by atoms with Gasteiger partial charge in [-0.3, -0.25) is 10.1 Å². The lowest BCUT2D eigenvalue weighted by Gasteiger charge is -2.07. The fourth-order valence-electron chi connectivity index (χ4n) is 1.60. The van der Waals surface area contributed by atoms with E-state index in [-0.39, 0.29) is 26.4 Å². The summed E-state index contributed by atoms with van der Waals surface area (Å²) in [6.45, 7) is -3.02. The minimum atomic E-state index is -3.02. The molecule has 1 aromatic carbocycles. The fraction of sp³-hybridized carbons (Fsp3) is 0.143. The number of hydrogen-bond donors (Lipinski definition) is 1. The van der Waals surface area contributed by atoms with Gasteiger partial charge in [0, 0.05) is 16.7 Å². The molecule has 0 saturated carbocycles. The van der Waals surface area contributed by atoms with Crippen LogP contribution in [-0.4, -0.2) is 37.0 Å². The number of benzene rings is 1. The number of thioether (sulfide) groups is 1. The maximum Gasteiger partial charge on any atom is 0.387 e. The topological polar surface area (TPSA) is 89.3 Å².